The fourth-order valence-corrected chi connectivity index (χ4v) is 2.52. The van der Waals surface area contributed by atoms with Crippen LogP contribution in [0.3, 0.4) is 0 Å². The van der Waals surface area contributed by atoms with Crippen LogP contribution in [0.4, 0.5) is 0 Å². The standard InChI is InChI=1S/C14H17N5O2/c1-19-6-5-16-13(19)12-10(3-7-21-12)8-17-14(20)11-2-4-15-9-18-11/h2,4-6,9-10,12H,3,7-8H2,1H3,(H,17,20)/t10-,12+/m0/s1. The quantitative estimate of drug-likeness (QED) is 0.896. The van der Waals surface area contributed by atoms with Crippen molar-refractivity contribution in [2.45, 2.75) is 12.5 Å². The lowest BCUT2D eigenvalue weighted by Crippen LogP contribution is -2.31. The van der Waals surface area contributed by atoms with Gasteiger partial charge in [-0.05, 0) is 12.5 Å². The average Bonchev–Trinajstić information content (AvgIpc) is 3.13. The van der Waals surface area contributed by atoms with Crippen molar-refractivity contribution in [1.82, 2.24) is 24.8 Å². The molecule has 1 amide bonds. The average molecular weight is 287 g/mol. The number of aromatic nitrogens is 4. The summed E-state index contributed by atoms with van der Waals surface area (Å²) in [7, 11) is 1.94. The largest absolute Gasteiger partial charge is 0.370 e. The molecule has 1 N–H and O–H groups in total. The van der Waals surface area contributed by atoms with Gasteiger partial charge in [-0.15, -0.1) is 0 Å². The highest BCUT2D eigenvalue weighted by atomic mass is 16.5. The van der Waals surface area contributed by atoms with E-state index in [2.05, 4.69) is 20.3 Å². The minimum absolute atomic E-state index is 0.0734. The summed E-state index contributed by atoms with van der Waals surface area (Å²) in [5, 5.41) is 2.91. The van der Waals surface area contributed by atoms with Crippen LogP contribution < -0.4 is 5.32 Å². The summed E-state index contributed by atoms with van der Waals surface area (Å²) in [5.41, 5.74) is 0.373. The van der Waals surface area contributed by atoms with Crippen LogP contribution in [-0.4, -0.2) is 38.6 Å². The molecule has 2 aromatic rings. The SMILES string of the molecule is Cn1ccnc1[C@@H]1OCC[C@H]1CNC(=O)c1ccncn1. The summed E-state index contributed by atoms with van der Waals surface area (Å²) in [6.07, 6.45) is 7.40. The second kappa shape index (κ2) is 6.01. The van der Waals surface area contributed by atoms with Crippen molar-refractivity contribution in [3.05, 3.63) is 42.5 Å². The zero-order valence-corrected chi connectivity index (χ0v) is 11.8. The Morgan fingerprint density at radius 1 is 1.48 bits per heavy atom. The molecule has 0 radical (unpaired) electrons. The molecular weight excluding hydrogens is 270 g/mol. The normalized spacial score (nSPS) is 21.4. The summed E-state index contributed by atoms with van der Waals surface area (Å²) >= 11 is 0. The molecule has 21 heavy (non-hydrogen) atoms. The Morgan fingerprint density at radius 2 is 2.38 bits per heavy atom. The molecule has 7 nitrogen and oxygen atoms in total. The zero-order valence-electron chi connectivity index (χ0n) is 11.8. The second-order valence-corrected chi connectivity index (χ2v) is 5.04. The van der Waals surface area contributed by atoms with E-state index in [9.17, 15) is 4.79 Å². The Kier molecular flexibility index (Phi) is 3.92. The lowest BCUT2D eigenvalue weighted by atomic mass is 10.0. The van der Waals surface area contributed by atoms with E-state index in [4.69, 9.17) is 4.74 Å². The van der Waals surface area contributed by atoms with Gasteiger partial charge in [-0.3, -0.25) is 4.79 Å². The van der Waals surface area contributed by atoms with E-state index in [1.807, 2.05) is 17.8 Å². The van der Waals surface area contributed by atoms with Crippen molar-refractivity contribution >= 4 is 5.91 Å². The summed E-state index contributed by atoms with van der Waals surface area (Å²) in [6, 6.07) is 1.59. The van der Waals surface area contributed by atoms with Crippen molar-refractivity contribution < 1.29 is 9.53 Å². The van der Waals surface area contributed by atoms with Crippen LogP contribution in [0.15, 0.2) is 31.0 Å². The Hall–Kier alpha value is -2.28. The van der Waals surface area contributed by atoms with Crippen LogP contribution in [0.25, 0.3) is 0 Å². The van der Waals surface area contributed by atoms with Crippen molar-refractivity contribution in [2.75, 3.05) is 13.2 Å². The predicted molar refractivity (Wildman–Crippen MR) is 74.4 cm³/mol. The number of hydrogen-bond acceptors (Lipinski definition) is 5. The first kappa shape index (κ1) is 13.7. The van der Waals surface area contributed by atoms with Crippen LogP contribution in [0.1, 0.15) is 28.8 Å². The Balaban J connectivity index is 1.62. The summed E-state index contributed by atoms with van der Waals surface area (Å²) in [4.78, 5) is 24.1. The van der Waals surface area contributed by atoms with Crippen LogP contribution in [0, 0.1) is 5.92 Å². The number of nitrogens with one attached hydrogen (secondary N) is 1. The first-order valence-electron chi connectivity index (χ1n) is 6.88. The molecule has 0 saturated carbocycles. The van der Waals surface area contributed by atoms with Gasteiger partial charge in [-0.1, -0.05) is 0 Å². The van der Waals surface area contributed by atoms with Crippen LogP contribution in [-0.2, 0) is 11.8 Å². The van der Waals surface area contributed by atoms with Crippen LogP contribution >= 0.6 is 0 Å². The van der Waals surface area contributed by atoms with Crippen molar-refractivity contribution in [2.24, 2.45) is 13.0 Å². The highest BCUT2D eigenvalue weighted by Crippen LogP contribution is 2.32. The summed E-state index contributed by atoms with van der Waals surface area (Å²) < 4.78 is 7.72. The Morgan fingerprint density at radius 3 is 3.10 bits per heavy atom. The fraction of sp³-hybridized carbons (Fsp3) is 0.429. The van der Waals surface area contributed by atoms with Crippen molar-refractivity contribution in [3.63, 3.8) is 0 Å². The molecule has 3 heterocycles. The minimum atomic E-state index is -0.192. The maximum Gasteiger partial charge on any atom is 0.270 e. The first-order chi connectivity index (χ1) is 10.3. The van der Waals surface area contributed by atoms with Crippen LogP contribution in [0.5, 0.6) is 0 Å². The van der Waals surface area contributed by atoms with E-state index in [0.717, 1.165) is 12.2 Å². The van der Waals surface area contributed by atoms with Gasteiger partial charge >= 0.3 is 0 Å². The van der Waals surface area contributed by atoms with E-state index in [1.165, 1.54) is 6.33 Å². The molecule has 1 fully saturated rings. The number of amides is 1. The number of rotatable bonds is 4. The molecule has 2 atom stereocenters. The van der Waals surface area contributed by atoms with Gasteiger partial charge in [0.15, 0.2) is 0 Å². The van der Waals surface area contributed by atoms with E-state index in [-0.39, 0.29) is 17.9 Å². The highest BCUT2D eigenvalue weighted by Gasteiger charge is 2.32. The topological polar surface area (TPSA) is 81.9 Å². The summed E-state index contributed by atoms with van der Waals surface area (Å²) in [5.74, 6) is 0.925. The smallest absolute Gasteiger partial charge is 0.270 e. The molecule has 1 aliphatic heterocycles. The highest BCUT2D eigenvalue weighted by molar-refractivity contribution is 5.92. The number of hydrogen-bond donors (Lipinski definition) is 1. The molecule has 0 aliphatic carbocycles. The molecular formula is C14H17N5O2. The van der Waals surface area contributed by atoms with E-state index < -0.39 is 0 Å². The molecule has 0 unspecified atom stereocenters. The maximum absolute atomic E-state index is 12.0. The maximum atomic E-state index is 12.0. The Labute approximate surface area is 122 Å². The lowest BCUT2D eigenvalue weighted by molar-refractivity contribution is 0.0778. The molecule has 2 aromatic heterocycles. The van der Waals surface area contributed by atoms with E-state index in [0.29, 0.717) is 18.8 Å². The van der Waals surface area contributed by atoms with E-state index >= 15 is 0 Å². The van der Waals surface area contributed by atoms with Gasteiger partial charge in [-0.2, -0.15) is 0 Å². The second-order valence-electron chi connectivity index (χ2n) is 5.04. The number of aryl methyl sites for hydroxylation is 1. The third-order valence-corrected chi connectivity index (χ3v) is 3.67. The molecule has 3 rings (SSSR count). The number of carbonyl (C=O) groups excluding carboxylic acids is 1. The predicted octanol–water partition coefficient (Wildman–Crippen LogP) is 0.718. The molecule has 0 bridgehead atoms. The molecule has 110 valence electrons. The van der Waals surface area contributed by atoms with Gasteiger partial charge in [0.25, 0.3) is 5.91 Å². The summed E-state index contributed by atoms with van der Waals surface area (Å²) in [6.45, 7) is 1.23. The van der Waals surface area contributed by atoms with Gasteiger partial charge in [0.2, 0.25) is 0 Å². The first-order valence-corrected chi connectivity index (χ1v) is 6.88. The number of ether oxygens (including phenoxy) is 1. The number of nitrogens with zero attached hydrogens (tertiary/aromatic N) is 4. The molecule has 0 spiro atoms. The fourth-order valence-electron chi connectivity index (χ4n) is 2.52. The van der Waals surface area contributed by atoms with Gasteiger partial charge in [0.05, 0.1) is 0 Å². The zero-order chi connectivity index (χ0) is 14.7. The van der Waals surface area contributed by atoms with Crippen molar-refractivity contribution in [1.29, 1.82) is 0 Å². The third-order valence-electron chi connectivity index (χ3n) is 3.67. The molecule has 1 saturated heterocycles. The van der Waals surface area contributed by atoms with E-state index in [1.54, 1.807) is 18.5 Å². The van der Waals surface area contributed by atoms with Crippen LogP contribution in [0.2, 0.25) is 0 Å². The third kappa shape index (κ3) is 2.92. The minimum Gasteiger partial charge on any atom is -0.370 e. The number of carbonyl (C=O) groups is 1. The van der Waals surface area contributed by atoms with Gasteiger partial charge < -0.3 is 14.6 Å². The van der Waals surface area contributed by atoms with Gasteiger partial charge in [0, 0.05) is 44.7 Å². The Bertz CT molecular complexity index is 613. The molecule has 0 aromatic carbocycles. The van der Waals surface area contributed by atoms with Gasteiger partial charge in [0.1, 0.15) is 23.9 Å². The van der Waals surface area contributed by atoms with Crippen molar-refractivity contribution in [3.8, 4) is 0 Å². The lowest BCUT2D eigenvalue weighted by Gasteiger charge is -2.18. The monoisotopic (exact) mass is 287 g/mol. The van der Waals surface area contributed by atoms with Gasteiger partial charge in [-0.25, -0.2) is 15.0 Å². The molecule has 1 aliphatic rings. The number of imidazole rings is 1. The molecule has 7 heteroatoms.